The maximum Gasteiger partial charge on any atom is 0.269 e. The second-order valence-electron chi connectivity index (χ2n) is 9.74. The number of rotatable bonds is 11. The van der Waals surface area contributed by atoms with E-state index in [2.05, 4.69) is 15.5 Å². The molecule has 0 radical (unpaired) electrons. The molecule has 5 rings (SSSR count). The second kappa shape index (κ2) is 13.4. The van der Waals surface area contributed by atoms with Gasteiger partial charge < -0.3 is 19.4 Å². The van der Waals surface area contributed by atoms with Crippen LogP contribution in [0.15, 0.2) is 83.1 Å². The third kappa shape index (κ3) is 6.70. The number of thioether (sulfide) groups is 1. The fourth-order valence-electron chi connectivity index (χ4n) is 4.60. The number of amides is 2. The molecule has 2 heterocycles. The first-order chi connectivity index (χ1) is 21.3. The van der Waals surface area contributed by atoms with Gasteiger partial charge in [-0.3, -0.25) is 19.7 Å². The molecular formula is C30H29N7O6S. The maximum absolute atomic E-state index is 13.6. The number of hydrogen-bond donors (Lipinski definition) is 1. The molecule has 0 bridgehead atoms. The first kappa shape index (κ1) is 30.2. The Bertz CT molecular complexity index is 1690. The van der Waals surface area contributed by atoms with Gasteiger partial charge in [0.15, 0.2) is 11.0 Å². The first-order valence-corrected chi connectivity index (χ1v) is 14.5. The molecule has 1 N–H and O–H groups in total. The van der Waals surface area contributed by atoms with E-state index in [1.165, 1.54) is 41.0 Å². The van der Waals surface area contributed by atoms with Crippen LogP contribution in [-0.4, -0.2) is 62.2 Å². The number of nitro groups is 1. The summed E-state index contributed by atoms with van der Waals surface area (Å²) in [5.41, 5.74) is 2.81. The number of nitro benzene ring substituents is 1. The Morgan fingerprint density at radius 2 is 1.61 bits per heavy atom. The highest BCUT2D eigenvalue weighted by atomic mass is 32.2. The second-order valence-corrected chi connectivity index (χ2v) is 10.7. The molecular weight excluding hydrogens is 586 g/mol. The van der Waals surface area contributed by atoms with Crippen LogP contribution in [0.4, 0.5) is 5.69 Å². The zero-order chi connectivity index (χ0) is 31.2. The number of hydrazone groups is 1. The fraction of sp³-hybridized carbons (Fsp3) is 0.233. The normalized spacial score (nSPS) is 14.2. The van der Waals surface area contributed by atoms with Crippen LogP contribution < -0.4 is 14.8 Å². The van der Waals surface area contributed by atoms with Gasteiger partial charge in [0.25, 0.3) is 17.5 Å². The fourth-order valence-corrected chi connectivity index (χ4v) is 5.38. The molecule has 1 aromatic heterocycles. The van der Waals surface area contributed by atoms with Crippen molar-refractivity contribution >= 4 is 35.0 Å². The standard InChI is InChI=1S/C30H29N7O6S/c1-35-27(17-31-29(39)21-4-10-22(11-5-21)37(40)41)32-33-30(35)44-18-28(38)36-26(20-8-14-24(43-3)15-9-20)16-25(34-36)19-6-12-23(42-2)13-7-19/h4-15,26H,16-18H2,1-3H3,(H,31,39). The lowest BCUT2D eigenvalue weighted by atomic mass is 9.98. The predicted molar refractivity (Wildman–Crippen MR) is 163 cm³/mol. The molecule has 0 saturated carbocycles. The van der Waals surface area contributed by atoms with Crippen molar-refractivity contribution in [2.75, 3.05) is 20.0 Å². The lowest BCUT2D eigenvalue weighted by Crippen LogP contribution is -2.28. The SMILES string of the molecule is COc1ccc(C2=NN(C(=O)CSc3nnc(CNC(=O)c4ccc([N+](=O)[O-])cc4)n3C)C(c3ccc(OC)cc3)C2)cc1. The Labute approximate surface area is 257 Å². The quantitative estimate of drug-likeness (QED) is 0.149. The van der Waals surface area contributed by atoms with E-state index in [-0.39, 0.29) is 35.5 Å². The molecule has 4 aromatic rings. The molecule has 2 amide bonds. The van der Waals surface area contributed by atoms with Crippen LogP contribution in [0.1, 0.15) is 39.8 Å². The largest absolute Gasteiger partial charge is 0.497 e. The summed E-state index contributed by atoms with van der Waals surface area (Å²) in [6.45, 7) is 0.0784. The van der Waals surface area contributed by atoms with Crippen LogP contribution in [-0.2, 0) is 18.4 Å². The summed E-state index contributed by atoms with van der Waals surface area (Å²) in [7, 11) is 4.96. The number of benzene rings is 3. The van der Waals surface area contributed by atoms with E-state index in [0.717, 1.165) is 28.3 Å². The number of methoxy groups -OCH3 is 2. The van der Waals surface area contributed by atoms with E-state index in [1.807, 2.05) is 48.5 Å². The monoisotopic (exact) mass is 615 g/mol. The van der Waals surface area contributed by atoms with Gasteiger partial charge in [-0.2, -0.15) is 5.10 Å². The number of nitrogens with one attached hydrogen (secondary N) is 1. The Morgan fingerprint density at radius 3 is 2.23 bits per heavy atom. The molecule has 44 heavy (non-hydrogen) atoms. The van der Waals surface area contributed by atoms with E-state index >= 15 is 0 Å². The van der Waals surface area contributed by atoms with Crippen LogP contribution in [0.5, 0.6) is 11.5 Å². The van der Waals surface area contributed by atoms with E-state index in [1.54, 1.807) is 25.8 Å². The lowest BCUT2D eigenvalue weighted by molar-refractivity contribution is -0.384. The van der Waals surface area contributed by atoms with Gasteiger partial charge in [0.1, 0.15) is 11.5 Å². The third-order valence-electron chi connectivity index (χ3n) is 7.09. The van der Waals surface area contributed by atoms with E-state index in [9.17, 15) is 19.7 Å². The summed E-state index contributed by atoms with van der Waals surface area (Å²) in [6, 6.07) is 20.2. The minimum atomic E-state index is -0.527. The zero-order valence-electron chi connectivity index (χ0n) is 24.2. The summed E-state index contributed by atoms with van der Waals surface area (Å²) in [5.74, 6) is 1.39. The van der Waals surface area contributed by atoms with Crippen molar-refractivity contribution in [2.24, 2.45) is 12.1 Å². The smallest absolute Gasteiger partial charge is 0.269 e. The topological polar surface area (TPSA) is 154 Å². The number of hydrogen-bond acceptors (Lipinski definition) is 10. The van der Waals surface area contributed by atoms with Crippen molar-refractivity contribution in [2.45, 2.75) is 24.2 Å². The molecule has 13 nitrogen and oxygen atoms in total. The summed E-state index contributed by atoms with van der Waals surface area (Å²) in [6.07, 6.45) is 0.539. The average Bonchev–Trinajstić information content (AvgIpc) is 3.66. The van der Waals surface area contributed by atoms with Gasteiger partial charge in [-0.1, -0.05) is 23.9 Å². The summed E-state index contributed by atoms with van der Waals surface area (Å²) in [4.78, 5) is 36.4. The van der Waals surface area contributed by atoms with Gasteiger partial charge in [-0.15, -0.1) is 10.2 Å². The molecule has 0 spiro atoms. The summed E-state index contributed by atoms with van der Waals surface area (Å²) < 4.78 is 12.3. The summed E-state index contributed by atoms with van der Waals surface area (Å²) in [5, 5.41) is 28.7. The number of carbonyl (C=O) groups excluding carboxylic acids is 2. The average molecular weight is 616 g/mol. The molecule has 1 unspecified atom stereocenters. The summed E-state index contributed by atoms with van der Waals surface area (Å²) >= 11 is 1.22. The maximum atomic E-state index is 13.6. The van der Waals surface area contributed by atoms with Gasteiger partial charge >= 0.3 is 0 Å². The molecule has 1 atom stereocenters. The van der Waals surface area contributed by atoms with Crippen LogP contribution in [0, 0.1) is 10.1 Å². The highest BCUT2D eigenvalue weighted by Crippen LogP contribution is 2.34. The predicted octanol–water partition coefficient (Wildman–Crippen LogP) is 4.14. The van der Waals surface area contributed by atoms with Gasteiger partial charge in [0.05, 0.1) is 43.2 Å². The Kier molecular flexibility index (Phi) is 9.19. The minimum absolute atomic E-state index is 0.0627. The zero-order valence-corrected chi connectivity index (χ0v) is 25.0. The Balaban J connectivity index is 1.25. The van der Waals surface area contributed by atoms with Crippen LogP contribution >= 0.6 is 11.8 Å². The molecule has 1 aliphatic rings. The van der Waals surface area contributed by atoms with Gasteiger partial charge in [0.2, 0.25) is 0 Å². The van der Waals surface area contributed by atoms with Crippen LogP contribution in [0.3, 0.4) is 0 Å². The molecule has 1 aliphatic heterocycles. The van der Waals surface area contributed by atoms with Crippen molar-refractivity contribution in [1.29, 1.82) is 0 Å². The minimum Gasteiger partial charge on any atom is -0.497 e. The van der Waals surface area contributed by atoms with Crippen molar-refractivity contribution in [3.63, 3.8) is 0 Å². The number of carbonyl (C=O) groups is 2. The Morgan fingerprint density at radius 1 is 0.977 bits per heavy atom. The van der Waals surface area contributed by atoms with E-state index in [0.29, 0.717) is 17.4 Å². The first-order valence-electron chi connectivity index (χ1n) is 13.5. The number of nitrogens with zero attached hydrogens (tertiary/aromatic N) is 6. The van der Waals surface area contributed by atoms with Crippen molar-refractivity contribution in [3.8, 4) is 11.5 Å². The number of aromatic nitrogens is 3. The number of ether oxygens (including phenoxy) is 2. The van der Waals surface area contributed by atoms with Crippen molar-refractivity contribution < 1.29 is 24.0 Å². The van der Waals surface area contributed by atoms with Crippen LogP contribution in [0.2, 0.25) is 0 Å². The van der Waals surface area contributed by atoms with Gasteiger partial charge in [-0.25, -0.2) is 5.01 Å². The van der Waals surface area contributed by atoms with Crippen LogP contribution in [0.25, 0.3) is 0 Å². The molecule has 14 heteroatoms. The number of non-ortho nitro benzene ring substituents is 1. The van der Waals surface area contributed by atoms with E-state index in [4.69, 9.17) is 14.6 Å². The lowest BCUT2D eigenvalue weighted by Gasteiger charge is -2.22. The molecule has 0 fully saturated rings. The Hall–Kier alpha value is -5.24. The van der Waals surface area contributed by atoms with Gasteiger partial charge in [0, 0.05) is 31.2 Å². The van der Waals surface area contributed by atoms with Crippen molar-refractivity contribution in [3.05, 3.63) is 105 Å². The van der Waals surface area contributed by atoms with Crippen molar-refractivity contribution in [1.82, 2.24) is 25.1 Å². The van der Waals surface area contributed by atoms with Gasteiger partial charge in [-0.05, 0) is 59.7 Å². The highest BCUT2D eigenvalue weighted by molar-refractivity contribution is 7.99. The van der Waals surface area contributed by atoms with E-state index < -0.39 is 10.8 Å². The third-order valence-corrected chi connectivity index (χ3v) is 8.09. The molecule has 3 aromatic carbocycles. The molecule has 226 valence electrons. The molecule has 0 aliphatic carbocycles. The highest BCUT2D eigenvalue weighted by Gasteiger charge is 2.33. The molecule has 0 saturated heterocycles.